The Morgan fingerprint density at radius 2 is 2.00 bits per heavy atom. The number of benzene rings is 1. The molecular formula is C12H17FN2. The molecule has 1 aliphatic heterocycles. The molecule has 0 bridgehead atoms. The van der Waals surface area contributed by atoms with Crippen LogP contribution in [0.2, 0.25) is 0 Å². The van der Waals surface area contributed by atoms with Crippen LogP contribution in [0, 0.1) is 5.82 Å². The standard InChI is InChI=1S/C12H17FN2/c1-15-7-6-11(14)8-12(15)9-2-4-10(13)5-3-9/h2-5,11-12H,6-8,14H2,1H3/t11-,12+/m1/s1. The highest BCUT2D eigenvalue weighted by Crippen LogP contribution is 2.28. The van der Waals surface area contributed by atoms with Crippen molar-refractivity contribution in [2.75, 3.05) is 13.6 Å². The molecule has 15 heavy (non-hydrogen) atoms. The second-order valence-electron chi connectivity index (χ2n) is 4.33. The highest BCUT2D eigenvalue weighted by atomic mass is 19.1. The van der Waals surface area contributed by atoms with Crippen LogP contribution in [0.1, 0.15) is 24.4 Å². The summed E-state index contributed by atoms with van der Waals surface area (Å²) in [5, 5.41) is 0. The third-order valence-corrected chi connectivity index (χ3v) is 3.17. The van der Waals surface area contributed by atoms with E-state index in [4.69, 9.17) is 5.73 Å². The SMILES string of the molecule is CN1CC[C@@H](N)C[C@H]1c1ccc(F)cc1. The number of halogens is 1. The van der Waals surface area contributed by atoms with E-state index < -0.39 is 0 Å². The second kappa shape index (κ2) is 4.29. The summed E-state index contributed by atoms with van der Waals surface area (Å²) in [5.41, 5.74) is 7.12. The Balaban J connectivity index is 2.17. The number of likely N-dealkylation sites (tertiary alicyclic amines) is 1. The summed E-state index contributed by atoms with van der Waals surface area (Å²) >= 11 is 0. The first kappa shape index (κ1) is 10.6. The number of hydrogen-bond donors (Lipinski definition) is 1. The fourth-order valence-corrected chi connectivity index (χ4v) is 2.19. The van der Waals surface area contributed by atoms with Crippen molar-refractivity contribution in [2.45, 2.75) is 24.9 Å². The normalized spacial score (nSPS) is 27.9. The van der Waals surface area contributed by atoms with Gasteiger partial charge in [-0.1, -0.05) is 12.1 Å². The van der Waals surface area contributed by atoms with E-state index in [1.54, 1.807) is 0 Å². The van der Waals surface area contributed by atoms with Crippen molar-refractivity contribution in [3.8, 4) is 0 Å². The fourth-order valence-electron chi connectivity index (χ4n) is 2.19. The van der Waals surface area contributed by atoms with Crippen LogP contribution in [0.4, 0.5) is 4.39 Å². The number of hydrogen-bond acceptors (Lipinski definition) is 2. The van der Waals surface area contributed by atoms with Crippen LogP contribution in [-0.4, -0.2) is 24.5 Å². The Kier molecular flexibility index (Phi) is 3.03. The van der Waals surface area contributed by atoms with Crippen molar-refractivity contribution in [2.24, 2.45) is 5.73 Å². The largest absolute Gasteiger partial charge is 0.328 e. The summed E-state index contributed by atoms with van der Waals surface area (Å²) in [4.78, 5) is 2.29. The number of nitrogens with two attached hydrogens (primary N) is 1. The minimum atomic E-state index is -0.179. The lowest BCUT2D eigenvalue weighted by Gasteiger charge is -2.36. The zero-order chi connectivity index (χ0) is 10.8. The van der Waals surface area contributed by atoms with Crippen LogP contribution in [-0.2, 0) is 0 Å². The molecule has 2 nitrogen and oxygen atoms in total. The zero-order valence-corrected chi connectivity index (χ0v) is 8.99. The van der Waals surface area contributed by atoms with E-state index in [1.165, 1.54) is 12.1 Å². The van der Waals surface area contributed by atoms with Gasteiger partial charge >= 0.3 is 0 Å². The van der Waals surface area contributed by atoms with E-state index in [0.29, 0.717) is 6.04 Å². The van der Waals surface area contributed by atoms with Gasteiger partial charge in [0, 0.05) is 12.1 Å². The van der Waals surface area contributed by atoms with Gasteiger partial charge in [-0.3, -0.25) is 4.90 Å². The number of piperidine rings is 1. The molecule has 82 valence electrons. The molecule has 1 fully saturated rings. The van der Waals surface area contributed by atoms with Crippen LogP contribution in [0.15, 0.2) is 24.3 Å². The summed E-state index contributed by atoms with van der Waals surface area (Å²) in [5.74, 6) is -0.179. The van der Waals surface area contributed by atoms with Gasteiger partial charge in [-0.25, -0.2) is 4.39 Å². The molecule has 1 aromatic carbocycles. The maximum absolute atomic E-state index is 12.8. The van der Waals surface area contributed by atoms with Gasteiger partial charge in [-0.15, -0.1) is 0 Å². The second-order valence-corrected chi connectivity index (χ2v) is 4.33. The Labute approximate surface area is 89.9 Å². The lowest BCUT2D eigenvalue weighted by atomic mass is 9.93. The van der Waals surface area contributed by atoms with Gasteiger partial charge in [-0.2, -0.15) is 0 Å². The van der Waals surface area contributed by atoms with Gasteiger partial charge in [0.05, 0.1) is 0 Å². The van der Waals surface area contributed by atoms with Gasteiger partial charge in [0.1, 0.15) is 5.82 Å². The van der Waals surface area contributed by atoms with Crippen LogP contribution in [0.3, 0.4) is 0 Å². The van der Waals surface area contributed by atoms with Crippen molar-refractivity contribution in [1.82, 2.24) is 4.90 Å². The summed E-state index contributed by atoms with van der Waals surface area (Å²) in [7, 11) is 2.10. The fraction of sp³-hybridized carbons (Fsp3) is 0.500. The molecule has 2 rings (SSSR count). The topological polar surface area (TPSA) is 29.3 Å². The zero-order valence-electron chi connectivity index (χ0n) is 8.99. The minimum absolute atomic E-state index is 0.179. The van der Waals surface area contributed by atoms with E-state index in [2.05, 4.69) is 11.9 Å². The van der Waals surface area contributed by atoms with Crippen LogP contribution in [0.25, 0.3) is 0 Å². The lowest BCUT2D eigenvalue weighted by Crippen LogP contribution is -2.39. The van der Waals surface area contributed by atoms with E-state index in [0.717, 1.165) is 24.9 Å². The Morgan fingerprint density at radius 1 is 1.33 bits per heavy atom. The predicted molar refractivity (Wildman–Crippen MR) is 59.0 cm³/mol. The maximum atomic E-state index is 12.8. The molecule has 2 N–H and O–H groups in total. The molecule has 2 atom stereocenters. The molecule has 0 amide bonds. The summed E-state index contributed by atoms with van der Waals surface area (Å²) in [6.45, 7) is 1.02. The molecule has 1 saturated heterocycles. The highest BCUT2D eigenvalue weighted by molar-refractivity contribution is 5.20. The van der Waals surface area contributed by atoms with Gasteiger partial charge in [0.25, 0.3) is 0 Å². The van der Waals surface area contributed by atoms with Crippen LogP contribution < -0.4 is 5.73 Å². The summed E-state index contributed by atoms with van der Waals surface area (Å²) in [6.07, 6.45) is 2.01. The summed E-state index contributed by atoms with van der Waals surface area (Å²) < 4.78 is 12.8. The molecule has 0 radical (unpaired) electrons. The van der Waals surface area contributed by atoms with Crippen molar-refractivity contribution >= 4 is 0 Å². The molecule has 0 aromatic heterocycles. The molecule has 1 aromatic rings. The van der Waals surface area contributed by atoms with Gasteiger partial charge in [-0.05, 0) is 44.1 Å². The van der Waals surface area contributed by atoms with Crippen LogP contribution >= 0.6 is 0 Å². The first-order valence-electron chi connectivity index (χ1n) is 5.38. The molecule has 0 unspecified atom stereocenters. The Hall–Kier alpha value is -0.930. The van der Waals surface area contributed by atoms with Gasteiger partial charge in [0.2, 0.25) is 0 Å². The third-order valence-electron chi connectivity index (χ3n) is 3.17. The quantitative estimate of drug-likeness (QED) is 0.764. The highest BCUT2D eigenvalue weighted by Gasteiger charge is 2.24. The predicted octanol–water partition coefficient (Wildman–Crippen LogP) is 1.92. The summed E-state index contributed by atoms with van der Waals surface area (Å²) in [6, 6.07) is 7.36. The first-order valence-corrected chi connectivity index (χ1v) is 5.38. The number of rotatable bonds is 1. The molecule has 3 heteroatoms. The van der Waals surface area contributed by atoms with Crippen LogP contribution in [0.5, 0.6) is 0 Å². The Morgan fingerprint density at radius 3 is 2.67 bits per heavy atom. The molecule has 0 spiro atoms. The average Bonchev–Trinajstić information content (AvgIpc) is 2.23. The van der Waals surface area contributed by atoms with E-state index in [-0.39, 0.29) is 11.9 Å². The molecule has 0 aliphatic carbocycles. The van der Waals surface area contributed by atoms with Crippen molar-refractivity contribution in [3.05, 3.63) is 35.6 Å². The third kappa shape index (κ3) is 2.36. The molecule has 1 aliphatic rings. The smallest absolute Gasteiger partial charge is 0.123 e. The Bertz CT molecular complexity index is 323. The van der Waals surface area contributed by atoms with Crippen molar-refractivity contribution in [1.29, 1.82) is 0 Å². The van der Waals surface area contributed by atoms with Crippen molar-refractivity contribution < 1.29 is 4.39 Å². The monoisotopic (exact) mass is 208 g/mol. The molecule has 1 heterocycles. The molecule has 0 saturated carbocycles. The average molecular weight is 208 g/mol. The minimum Gasteiger partial charge on any atom is -0.328 e. The van der Waals surface area contributed by atoms with E-state index in [1.807, 2.05) is 12.1 Å². The van der Waals surface area contributed by atoms with E-state index in [9.17, 15) is 4.39 Å². The lowest BCUT2D eigenvalue weighted by molar-refractivity contribution is 0.171. The van der Waals surface area contributed by atoms with Gasteiger partial charge < -0.3 is 5.73 Å². The molecular weight excluding hydrogens is 191 g/mol. The first-order chi connectivity index (χ1) is 7.16. The van der Waals surface area contributed by atoms with Crippen molar-refractivity contribution in [3.63, 3.8) is 0 Å². The maximum Gasteiger partial charge on any atom is 0.123 e. The van der Waals surface area contributed by atoms with Gasteiger partial charge in [0.15, 0.2) is 0 Å². The number of nitrogens with zero attached hydrogens (tertiary/aromatic N) is 1. The van der Waals surface area contributed by atoms with E-state index >= 15 is 0 Å².